The second kappa shape index (κ2) is 50.2. The Balaban J connectivity index is 0.000000456. The van der Waals surface area contributed by atoms with Crippen molar-refractivity contribution in [3.8, 4) is 56.2 Å². The monoisotopic (exact) mass is 2220 g/mol. The molecular weight excluding hydrogens is 2120 g/mol. The van der Waals surface area contributed by atoms with Crippen molar-refractivity contribution in [3.05, 3.63) is 335 Å². The zero-order valence-corrected chi connectivity index (χ0v) is 76.5. The molecule has 4 radical (unpaired) electrons. The van der Waals surface area contributed by atoms with Gasteiger partial charge in [0, 0.05) is 111 Å². The molecule has 0 saturated carbocycles. The number of allylic oxidation sites excluding steroid dienone is 8. The van der Waals surface area contributed by atoms with E-state index in [1.807, 2.05) is 54.7 Å². The van der Waals surface area contributed by atoms with Crippen molar-refractivity contribution in [3.63, 3.8) is 0 Å². The van der Waals surface area contributed by atoms with Gasteiger partial charge in [-0.15, -0.1) is 140 Å². The molecule has 4 heterocycles. The van der Waals surface area contributed by atoms with Crippen molar-refractivity contribution in [2.24, 2.45) is 5.92 Å². The van der Waals surface area contributed by atoms with Crippen molar-refractivity contribution in [2.45, 2.75) is 124 Å². The molecule has 13 rings (SSSR count). The Labute approximate surface area is 721 Å². The van der Waals surface area contributed by atoms with Crippen molar-refractivity contribution < 1.29 is 120 Å². The summed E-state index contributed by atoms with van der Waals surface area (Å²) in [6, 6.07) is 87.0. The second-order valence-corrected chi connectivity index (χ2v) is 27.1. The summed E-state index contributed by atoms with van der Waals surface area (Å²) < 4.78 is 0. The minimum Gasteiger partial charge on any atom is -0.512 e. The third-order valence-corrected chi connectivity index (χ3v) is 15.7. The zero-order valence-electron chi connectivity index (χ0n) is 66.9. The molecule has 0 spiro atoms. The molecule has 0 amide bonds. The van der Waals surface area contributed by atoms with E-state index in [0.29, 0.717) is 5.92 Å². The molecule has 0 unspecified atom stereocenters. The van der Waals surface area contributed by atoms with Crippen LogP contribution in [0.25, 0.3) is 99.6 Å². The number of carbonyl (C=O) groups is 4. The van der Waals surface area contributed by atoms with E-state index in [4.69, 9.17) is 35.4 Å². The molecule has 0 bridgehead atoms. The molecule has 113 heavy (non-hydrogen) atoms. The van der Waals surface area contributed by atoms with Crippen molar-refractivity contribution in [1.82, 2.24) is 19.9 Å². The van der Waals surface area contributed by atoms with E-state index >= 15 is 0 Å². The van der Waals surface area contributed by atoms with Gasteiger partial charge in [-0.1, -0.05) is 194 Å². The SMILES string of the molecule is CC(=O)C=C(C)O.CC(=O)C=C(C)O.CC(=O)C=C(C)O.CC(=O)C=C(C)O.Cc1[c-]c(-c2ccc3ccc(CC(C)C)cc3n2)cc(C)c1.Cc1[c-]c(-c2ccc3ccccc3n2)cc(C)c1.Cc1[c-]c(-c2nccc3ccccc23)cc(C)c1.Cc1cc2ccccc2nc1-c1[c-]ccc(-c2ccccc2)c1.[Ir].[Ir].[Ir].[Ir]. The van der Waals surface area contributed by atoms with Crippen LogP contribution in [0.2, 0.25) is 0 Å². The molecule has 0 saturated heterocycles. The Morgan fingerprint density at radius 3 is 1.24 bits per heavy atom. The van der Waals surface area contributed by atoms with Gasteiger partial charge in [-0.3, -0.25) is 34.1 Å². The number of benzene rings is 9. The average Bonchev–Trinajstić information content (AvgIpc) is 0.813. The average molecular weight is 2220 g/mol. The maximum atomic E-state index is 10.0. The fourth-order valence-electron chi connectivity index (χ4n) is 11.6. The largest absolute Gasteiger partial charge is 0.512 e. The number of hydrogen-bond acceptors (Lipinski definition) is 12. The number of rotatable bonds is 11. The minimum atomic E-state index is -0.125. The molecule has 594 valence electrons. The Bertz CT molecular complexity index is 5240. The van der Waals surface area contributed by atoms with Crippen molar-refractivity contribution in [2.75, 3.05) is 0 Å². The number of para-hydroxylation sites is 2. The summed E-state index contributed by atoms with van der Waals surface area (Å²) in [5.41, 5.74) is 23.5. The van der Waals surface area contributed by atoms with Gasteiger partial charge in [-0.25, -0.2) is 0 Å². The Morgan fingerprint density at radius 1 is 0.372 bits per heavy atom. The normalized spacial score (nSPS) is 10.7. The van der Waals surface area contributed by atoms with E-state index in [2.05, 4.69) is 255 Å². The van der Waals surface area contributed by atoms with Gasteiger partial charge in [0.2, 0.25) is 0 Å². The van der Waals surface area contributed by atoms with Crippen LogP contribution in [0.1, 0.15) is 114 Å². The number of hydrogen-bond donors (Lipinski definition) is 4. The van der Waals surface area contributed by atoms with E-state index in [0.717, 1.165) is 84.7 Å². The predicted molar refractivity (Wildman–Crippen MR) is 449 cm³/mol. The molecule has 0 aliphatic carbocycles. The number of aliphatic hydroxyl groups is 4. The number of pyridine rings is 4. The van der Waals surface area contributed by atoms with Gasteiger partial charge in [0.05, 0.1) is 39.6 Å². The minimum absolute atomic E-state index is 0. The Kier molecular flexibility index (Phi) is 44.1. The molecule has 9 aromatic carbocycles. The fraction of sp³-hybridized carbons (Fsp3) is 0.196. The molecule has 0 aliphatic heterocycles. The molecule has 0 fully saturated rings. The van der Waals surface area contributed by atoms with E-state index < -0.39 is 0 Å². The Morgan fingerprint density at radius 2 is 0.779 bits per heavy atom. The Hall–Kier alpha value is -9.94. The van der Waals surface area contributed by atoms with E-state index in [1.54, 1.807) is 0 Å². The third kappa shape index (κ3) is 35.3. The summed E-state index contributed by atoms with van der Waals surface area (Å²) >= 11 is 0. The summed E-state index contributed by atoms with van der Waals surface area (Å²) in [5.74, 6) is 0.411. The summed E-state index contributed by atoms with van der Waals surface area (Å²) in [7, 11) is 0. The fourth-order valence-corrected chi connectivity index (χ4v) is 11.6. The number of aryl methyl sites for hydroxylation is 7. The summed E-state index contributed by atoms with van der Waals surface area (Å²) in [6.45, 7) is 30.5. The summed E-state index contributed by atoms with van der Waals surface area (Å²) in [4.78, 5) is 59.0. The first-order chi connectivity index (χ1) is 51.8. The molecule has 4 aromatic heterocycles. The number of ketones is 4. The molecule has 0 aliphatic rings. The van der Waals surface area contributed by atoms with Crippen LogP contribution in [0.15, 0.2) is 266 Å². The standard InChI is InChI=1S/C22H16N.C21H22N.2C17H14N.4C5H8O2.4Ir/c1-16-14-19-10-5-6-13-21(19)23-22(16)20-12-7-11-18(15-20)17-8-3-2-4-9-17;1-14(2)9-17-5-6-18-7-8-20(22-21(18)13-17)19-11-15(3)10-16(4)12-19;1-12-9-13(2)11-15(10-12)17-16-6-4-3-5-14(16)7-8-18-17;1-12-9-13(2)11-15(10-12)17-8-7-14-5-3-4-6-16(14)18-17;4*1-4(6)3-5(2)7;;;;/h2-11,13-15H,1H3;5-8,10-11,13-14H,9H2,1-4H3;2*3-10H,1-2H3;4*3,6H,1-2H3;;;;/q4*-1;;;;;;;;. The number of carbonyl (C=O) groups excluding carboxylic acids is 4. The van der Waals surface area contributed by atoms with E-state index in [1.165, 1.54) is 146 Å². The van der Waals surface area contributed by atoms with Crippen LogP contribution < -0.4 is 0 Å². The molecule has 0 atom stereocenters. The van der Waals surface area contributed by atoms with Crippen molar-refractivity contribution in [1.29, 1.82) is 0 Å². The second-order valence-electron chi connectivity index (χ2n) is 27.1. The molecule has 16 heteroatoms. The van der Waals surface area contributed by atoms with Crippen LogP contribution in [0, 0.1) is 78.6 Å². The number of fused-ring (bicyclic) bond motifs is 4. The molecule has 12 nitrogen and oxygen atoms in total. The molecule has 13 aromatic rings. The van der Waals surface area contributed by atoms with Crippen LogP contribution in [0.5, 0.6) is 0 Å². The van der Waals surface area contributed by atoms with Gasteiger partial charge in [0.25, 0.3) is 0 Å². The zero-order chi connectivity index (χ0) is 79.9. The number of aliphatic hydroxyl groups excluding tert-OH is 4. The van der Waals surface area contributed by atoms with Gasteiger partial charge in [-0.05, 0) is 160 Å². The van der Waals surface area contributed by atoms with Gasteiger partial charge in [0.1, 0.15) is 0 Å². The quantitative estimate of drug-likeness (QED) is 0.0543. The topological polar surface area (TPSA) is 201 Å². The van der Waals surface area contributed by atoms with Crippen LogP contribution in [0.3, 0.4) is 0 Å². The number of nitrogens with zero attached hydrogens (tertiary/aromatic N) is 4. The van der Waals surface area contributed by atoms with Gasteiger partial charge in [0.15, 0.2) is 23.1 Å². The van der Waals surface area contributed by atoms with Crippen LogP contribution in [-0.2, 0) is 106 Å². The smallest absolute Gasteiger partial charge is 0.155 e. The van der Waals surface area contributed by atoms with E-state index in [9.17, 15) is 19.2 Å². The van der Waals surface area contributed by atoms with Crippen LogP contribution in [0.4, 0.5) is 0 Å². The van der Waals surface area contributed by atoms with Gasteiger partial charge < -0.3 is 25.4 Å². The predicted octanol–water partition coefficient (Wildman–Crippen LogP) is 24.0. The van der Waals surface area contributed by atoms with Gasteiger partial charge in [-0.2, -0.15) is 0 Å². The van der Waals surface area contributed by atoms with Crippen LogP contribution in [-0.4, -0.2) is 63.5 Å². The maximum absolute atomic E-state index is 10.0. The number of aromatic nitrogens is 4. The summed E-state index contributed by atoms with van der Waals surface area (Å²) in [6.07, 6.45) is 7.63. The first kappa shape index (κ1) is 99.1. The first-order valence-electron chi connectivity index (χ1n) is 35.9. The van der Waals surface area contributed by atoms with Crippen molar-refractivity contribution >= 4 is 66.6 Å². The third-order valence-electron chi connectivity index (χ3n) is 15.7. The van der Waals surface area contributed by atoms with E-state index in [-0.39, 0.29) is 127 Å². The molecule has 4 N–H and O–H groups in total. The first-order valence-corrected chi connectivity index (χ1v) is 35.9. The maximum Gasteiger partial charge on any atom is 0.155 e. The summed E-state index contributed by atoms with van der Waals surface area (Å²) in [5, 5.41) is 39.4. The molecular formula is C97H98Ir4N4O8-4. The van der Waals surface area contributed by atoms with Gasteiger partial charge >= 0.3 is 0 Å². The van der Waals surface area contributed by atoms with Crippen LogP contribution >= 0.6 is 0 Å².